The van der Waals surface area contributed by atoms with Crippen LogP contribution in [0.15, 0.2) is 12.1 Å². The number of guanidine groups is 1. The van der Waals surface area contributed by atoms with Crippen LogP contribution >= 0.6 is 0 Å². The predicted octanol–water partition coefficient (Wildman–Crippen LogP) is 1.30. The van der Waals surface area contributed by atoms with E-state index in [0.29, 0.717) is 17.7 Å². The highest BCUT2D eigenvalue weighted by atomic mass is 16.3. The minimum absolute atomic E-state index is 0.133. The van der Waals surface area contributed by atoms with E-state index in [9.17, 15) is 9.90 Å². The summed E-state index contributed by atoms with van der Waals surface area (Å²) in [4.78, 5) is 12.9. The zero-order valence-electron chi connectivity index (χ0n) is 10.7. The summed E-state index contributed by atoms with van der Waals surface area (Å²) in [6, 6.07) is 2.63. The number of phenolic OH excluding ortho intramolecular Hbond substituents is 1. The van der Waals surface area contributed by atoms with Crippen LogP contribution in [0, 0.1) is 12.3 Å². The monoisotopic (exact) mass is 250 g/mol. The van der Waals surface area contributed by atoms with Crippen LogP contribution in [0.4, 0.5) is 10.5 Å². The Bertz CT molecular complexity index is 485. The lowest BCUT2D eigenvalue weighted by molar-refractivity contribution is 0.251. The van der Waals surface area contributed by atoms with Crippen molar-refractivity contribution in [3.63, 3.8) is 0 Å². The molecule has 0 spiro atoms. The number of aromatic hydroxyl groups is 1. The number of nitrogens with zero attached hydrogens (tertiary/aromatic N) is 1. The van der Waals surface area contributed by atoms with Crippen molar-refractivity contribution in [2.75, 3.05) is 11.9 Å². The number of carbonyl (C=O) groups is 1. The Balaban J connectivity index is 3.45. The number of carbonyl (C=O) groups excluding carboxylic acids is 1. The van der Waals surface area contributed by atoms with Crippen molar-refractivity contribution in [3.8, 4) is 5.75 Å². The van der Waals surface area contributed by atoms with E-state index in [2.05, 4.69) is 5.32 Å². The molecule has 0 aliphatic heterocycles. The molecule has 0 unspecified atom stereocenters. The first-order chi connectivity index (χ1) is 8.42. The molecule has 0 bridgehead atoms. The van der Waals surface area contributed by atoms with Gasteiger partial charge in [0.1, 0.15) is 5.75 Å². The lowest BCUT2D eigenvalue weighted by Crippen LogP contribution is -2.46. The molecular formula is C12H18N4O2. The quantitative estimate of drug-likeness (QED) is 0.470. The molecule has 6 nitrogen and oxygen atoms in total. The Morgan fingerprint density at radius 3 is 2.61 bits per heavy atom. The number of nitrogens with one attached hydrogen (secondary N) is 2. The molecular weight excluding hydrogens is 232 g/mol. The van der Waals surface area contributed by atoms with Crippen LogP contribution in [0.1, 0.15) is 18.1 Å². The Morgan fingerprint density at radius 2 is 2.17 bits per heavy atom. The van der Waals surface area contributed by atoms with Gasteiger partial charge in [0.15, 0.2) is 0 Å². The molecule has 98 valence electrons. The van der Waals surface area contributed by atoms with E-state index in [-0.39, 0.29) is 11.7 Å². The summed E-state index contributed by atoms with van der Waals surface area (Å²) in [6.07, 6.45) is 0.616. The standard InChI is InChI=1S/C12H18N4O2/c1-4-8-6-9(17)5-7(2)10(8)16(11(13)14)12(18)15-3/h5-6,17H,4H2,1-3H3,(H3,13,14)(H,15,18). The second-order valence-corrected chi connectivity index (χ2v) is 3.90. The summed E-state index contributed by atoms with van der Waals surface area (Å²) in [5.41, 5.74) is 7.45. The largest absolute Gasteiger partial charge is 0.508 e. The van der Waals surface area contributed by atoms with Gasteiger partial charge in [0.2, 0.25) is 5.96 Å². The number of anilines is 1. The summed E-state index contributed by atoms with van der Waals surface area (Å²) >= 11 is 0. The van der Waals surface area contributed by atoms with Crippen LogP contribution in [-0.2, 0) is 6.42 Å². The zero-order chi connectivity index (χ0) is 13.9. The lowest BCUT2D eigenvalue weighted by atomic mass is 10.0. The van der Waals surface area contributed by atoms with Crippen LogP contribution in [0.2, 0.25) is 0 Å². The van der Waals surface area contributed by atoms with Crippen molar-refractivity contribution in [3.05, 3.63) is 23.3 Å². The van der Waals surface area contributed by atoms with E-state index < -0.39 is 6.03 Å². The molecule has 0 aliphatic carbocycles. The first-order valence-electron chi connectivity index (χ1n) is 5.60. The molecule has 18 heavy (non-hydrogen) atoms. The maximum absolute atomic E-state index is 11.8. The molecule has 1 rings (SSSR count). The number of hydrogen-bond acceptors (Lipinski definition) is 3. The second kappa shape index (κ2) is 5.39. The fourth-order valence-electron chi connectivity index (χ4n) is 1.86. The van der Waals surface area contributed by atoms with E-state index in [1.165, 1.54) is 13.1 Å². The highest BCUT2D eigenvalue weighted by molar-refractivity contribution is 6.14. The van der Waals surface area contributed by atoms with Gasteiger partial charge >= 0.3 is 6.03 Å². The topological polar surface area (TPSA) is 102 Å². The van der Waals surface area contributed by atoms with Crippen LogP contribution in [0.5, 0.6) is 5.75 Å². The number of benzene rings is 1. The second-order valence-electron chi connectivity index (χ2n) is 3.90. The molecule has 0 heterocycles. The zero-order valence-corrected chi connectivity index (χ0v) is 10.7. The maximum Gasteiger partial charge on any atom is 0.328 e. The number of phenols is 1. The van der Waals surface area contributed by atoms with Gasteiger partial charge < -0.3 is 16.2 Å². The Kier molecular flexibility index (Phi) is 4.14. The van der Waals surface area contributed by atoms with E-state index >= 15 is 0 Å². The molecule has 0 radical (unpaired) electrons. The Labute approximate surface area is 106 Å². The van der Waals surface area contributed by atoms with Gasteiger partial charge in [0.25, 0.3) is 0 Å². The highest BCUT2D eigenvalue weighted by Gasteiger charge is 2.22. The van der Waals surface area contributed by atoms with Crippen molar-refractivity contribution in [2.24, 2.45) is 5.73 Å². The van der Waals surface area contributed by atoms with Crippen LogP contribution in [0.25, 0.3) is 0 Å². The summed E-state index contributed by atoms with van der Waals surface area (Å²) in [5, 5.41) is 19.5. The van der Waals surface area contributed by atoms with Gasteiger partial charge in [-0.15, -0.1) is 0 Å². The molecule has 0 saturated heterocycles. The Morgan fingerprint density at radius 1 is 1.56 bits per heavy atom. The minimum Gasteiger partial charge on any atom is -0.508 e. The number of rotatable bonds is 2. The smallest absolute Gasteiger partial charge is 0.328 e. The maximum atomic E-state index is 11.8. The third-order valence-electron chi connectivity index (χ3n) is 2.63. The minimum atomic E-state index is -0.481. The normalized spacial score (nSPS) is 9.94. The van der Waals surface area contributed by atoms with E-state index in [4.69, 9.17) is 11.1 Å². The van der Waals surface area contributed by atoms with Crippen molar-refractivity contribution in [1.29, 1.82) is 5.41 Å². The van der Waals surface area contributed by atoms with Gasteiger partial charge in [-0.25, -0.2) is 9.69 Å². The van der Waals surface area contributed by atoms with Crippen molar-refractivity contribution < 1.29 is 9.90 Å². The molecule has 6 heteroatoms. The van der Waals surface area contributed by atoms with Gasteiger partial charge in [-0.2, -0.15) is 0 Å². The van der Waals surface area contributed by atoms with Gasteiger partial charge in [-0.3, -0.25) is 5.41 Å². The van der Waals surface area contributed by atoms with Crippen LogP contribution in [-0.4, -0.2) is 24.1 Å². The number of nitrogens with two attached hydrogens (primary N) is 1. The molecule has 1 aromatic carbocycles. The first-order valence-corrected chi connectivity index (χ1v) is 5.60. The summed E-state index contributed by atoms with van der Waals surface area (Å²) in [7, 11) is 1.47. The van der Waals surface area contributed by atoms with Gasteiger partial charge in [0.05, 0.1) is 5.69 Å². The van der Waals surface area contributed by atoms with Crippen molar-refractivity contribution >= 4 is 17.7 Å². The van der Waals surface area contributed by atoms with Crippen molar-refractivity contribution in [1.82, 2.24) is 5.32 Å². The SMILES string of the molecule is CCc1cc(O)cc(C)c1N(C(=N)N)C(=O)NC. The van der Waals surface area contributed by atoms with Crippen LogP contribution < -0.4 is 16.0 Å². The van der Waals surface area contributed by atoms with Gasteiger partial charge in [-0.1, -0.05) is 6.92 Å². The third kappa shape index (κ3) is 2.53. The molecule has 1 aromatic rings. The highest BCUT2D eigenvalue weighted by Crippen LogP contribution is 2.30. The van der Waals surface area contributed by atoms with Crippen LogP contribution in [0.3, 0.4) is 0 Å². The first kappa shape index (κ1) is 13.8. The van der Waals surface area contributed by atoms with Gasteiger partial charge in [-0.05, 0) is 36.6 Å². The Hall–Kier alpha value is -2.24. The lowest BCUT2D eigenvalue weighted by Gasteiger charge is -2.24. The summed E-state index contributed by atoms with van der Waals surface area (Å²) in [5.74, 6) is -0.230. The fraction of sp³-hybridized carbons (Fsp3) is 0.333. The summed E-state index contributed by atoms with van der Waals surface area (Å²) < 4.78 is 0. The van der Waals surface area contributed by atoms with E-state index in [1.54, 1.807) is 13.0 Å². The molecule has 2 amide bonds. The number of amides is 2. The molecule has 0 atom stereocenters. The predicted molar refractivity (Wildman–Crippen MR) is 71.1 cm³/mol. The molecule has 0 aliphatic rings. The number of urea groups is 1. The summed E-state index contributed by atoms with van der Waals surface area (Å²) in [6.45, 7) is 3.66. The molecule has 5 N–H and O–H groups in total. The average Bonchev–Trinajstić information content (AvgIpc) is 2.30. The third-order valence-corrected chi connectivity index (χ3v) is 2.63. The number of aryl methyl sites for hydroxylation is 2. The van der Waals surface area contributed by atoms with E-state index in [0.717, 1.165) is 10.5 Å². The molecule has 0 aromatic heterocycles. The fourth-order valence-corrected chi connectivity index (χ4v) is 1.86. The molecule has 0 saturated carbocycles. The van der Waals surface area contributed by atoms with E-state index in [1.807, 2.05) is 6.92 Å². The average molecular weight is 250 g/mol. The number of hydrogen-bond donors (Lipinski definition) is 4. The van der Waals surface area contributed by atoms with Gasteiger partial charge in [0, 0.05) is 7.05 Å². The van der Waals surface area contributed by atoms with Crippen molar-refractivity contribution in [2.45, 2.75) is 20.3 Å². The molecule has 0 fully saturated rings.